The molecule has 0 aromatic heterocycles. The van der Waals surface area contributed by atoms with Crippen LogP contribution >= 0.6 is 31.9 Å². The van der Waals surface area contributed by atoms with E-state index in [2.05, 4.69) is 42.1 Å². The fourth-order valence-electron chi connectivity index (χ4n) is 3.12. The Morgan fingerprint density at radius 3 is 1.41 bits per heavy atom. The van der Waals surface area contributed by atoms with Gasteiger partial charge in [-0.2, -0.15) is 10.2 Å². The van der Waals surface area contributed by atoms with Crippen LogP contribution in [0.3, 0.4) is 0 Å². The van der Waals surface area contributed by atoms with Crippen LogP contribution in [0, 0.1) is 0 Å². The summed E-state index contributed by atoms with van der Waals surface area (Å²) < 4.78 is 11.4. The summed E-state index contributed by atoms with van der Waals surface area (Å²) in [6, 6.07) is 10.2. The molecular weight excluding hydrogens is 564 g/mol. The third-order valence-corrected chi connectivity index (χ3v) is 6.18. The molecule has 2 rings (SSSR count). The monoisotopic (exact) mass is 596 g/mol. The number of unbranched alkanes of at least 4 members (excludes halogenated alkanes) is 6. The van der Waals surface area contributed by atoms with Crippen LogP contribution in [0.2, 0.25) is 0 Å². The molecule has 0 aliphatic rings. The Labute approximate surface area is 219 Å². The maximum atomic E-state index is 10.2. The number of benzene rings is 2. The molecule has 2 N–H and O–H groups in total. The Hall–Kier alpha value is -2.06. The summed E-state index contributed by atoms with van der Waals surface area (Å²) in [7, 11) is 0. The van der Waals surface area contributed by atoms with Gasteiger partial charge in [-0.3, -0.25) is 0 Å². The molecule has 0 spiro atoms. The van der Waals surface area contributed by atoms with Gasteiger partial charge in [0.05, 0.1) is 25.6 Å². The zero-order valence-corrected chi connectivity index (χ0v) is 22.6. The van der Waals surface area contributed by atoms with Gasteiger partial charge in [-0.1, -0.05) is 57.5 Å². The Balaban J connectivity index is 1.78. The average Bonchev–Trinajstić information content (AvgIpc) is 2.83. The topological polar surface area (TPSA) is 83.6 Å². The molecule has 0 radical (unpaired) electrons. The minimum Gasteiger partial charge on any atom is -0.507 e. The van der Waals surface area contributed by atoms with Gasteiger partial charge in [0.2, 0.25) is 0 Å². The van der Waals surface area contributed by atoms with Crippen molar-refractivity contribution < 1.29 is 19.7 Å². The number of halogens is 2. The maximum Gasteiger partial charge on any atom is 0.128 e. The van der Waals surface area contributed by atoms with E-state index in [1.165, 1.54) is 38.1 Å². The molecule has 0 fully saturated rings. The number of aromatic hydroxyl groups is 2. The molecule has 0 aliphatic heterocycles. The molecule has 0 saturated heterocycles. The molecular formula is C26H34Br2N2O4. The molecule has 6 nitrogen and oxygen atoms in total. The summed E-state index contributed by atoms with van der Waals surface area (Å²) >= 11 is 6.86. The highest BCUT2D eigenvalue weighted by Crippen LogP contribution is 2.24. The van der Waals surface area contributed by atoms with Crippen molar-refractivity contribution in [2.45, 2.75) is 51.4 Å². The van der Waals surface area contributed by atoms with Crippen LogP contribution in [0.1, 0.15) is 62.5 Å². The quantitative estimate of drug-likeness (QED) is 0.0872. The van der Waals surface area contributed by atoms with Gasteiger partial charge in [0, 0.05) is 33.9 Å². The normalized spacial score (nSPS) is 11.5. The van der Waals surface area contributed by atoms with Crippen LogP contribution in [-0.2, 0) is 0 Å². The highest BCUT2D eigenvalue weighted by molar-refractivity contribution is 9.09. The molecule has 0 saturated carbocycles. The van der Waals surface area contributed by atoms with E-state index in [9.17, 15) is 10.2 Å². The van der Waals surface area contributed by atoms with Crippen molar-refractivity contribution in [2.75, 3.05) is 23.9 Å². The van der Waals surface area contributed by atoms with E-state index >= 15 is 0 Å². The highest BCUT2D eigenvalue weighted by Gasteiger charge is 2.03. The minimum atomic E-state index is 0.0762. The van der Waals surface area contributed by atoms with Crippen molar-refractivity contribution in [2.24, 2.45) is 10.2 Å². The van der Waals surface area contributed by atoms with Crippen LogP contribution in [0.5, 0.6) is 23.0 Å². The fraction of sp³-hybridized carbons (Fsp3) is 0.462. The van der Waals surface area contributed by atoms with Crippen molar-refractivity contribution in [1.82, 2.24) is 0 Å². The molecule has 34 heavy (non-hydrogen) atoms. The van der Waals surface area contributed by atoms with Crippen molar-refractivity contribution in [3.8, 4) is 23.0 Å². The lowest BCUT2D eigenvalue weighted by atomic mass is 10.2. The predicted octanol–water partition coefficient (Wildman–Crippen LogP) is 7.22. The van der Waals surface area contributed by atoms with Crippen LogP contribution in [-0.4, -0.2) is 46.5 Å². The zero-order chi connectivity index (χ0) is 24.4. The van der Waals surface area contributed by atoms with E-state index in [1.807, 2.05) is 0 Å². The van der Waals surface area contributed by atoms with Gasteiger partial charge in [0.1, 0.15) is 23.0 Å². The highest BCUT2D eigenvalue weighted by atomic mass is 79.9. The fourth-order valence-corrected chi connectivity index (χ4v) is 3.91. The number of nitrogens with zero attached hydrogens (tertiary/aromatic N) is 2. The standard InChI is InChI=1S/C26H34Br2N2O4/c27-13-5-1-3-7-15-33-23-11-9-21(25(31)17-23)19-29-30-20-22-10-12-24(18-26(22)32)34-16-8-4-2-6-14-28/h9-12,17-20,31-32H,1-8,13-16H2/b29-19+,30-20+. The Bertz CT molecular complexity index is 833. The number of phenols is 2. The molecule has 0 aliphatic carbocycles. The number of hydrogen-bond donors (Lipinski definition) is 2. The summed E-state index contributed by atoms with van der Waals surface area (Å²) in [5.74, 6) is 1.41. The average molecular weight is 598 g/mol. The largest absolute Gasteiger partial charge is 0.507 e. The summed E-state index contributed by atoms with van der Waals surface area (Å²) in [5.41, 5.74) is 1.07. The maximum absolute atomic E-state index is 10.2. The summed E-state index contributed by atoms with van der Waals surface area (Å²) in [4.78, 5) is 0. The second-order valence-corrected chi connectivity index (χ2v) is 9.42. The molecule has 0 atom stereocenters. The molecule has 0 unspecified atom stereocenters. The number of alkyl halides is 2. The molecule has 2 aromatic carbocycles. The first-order valence-corrected chi connectivity index (χ1v) is 14.0. The van der Waals surface area contributed by atoms with E-state index in [1.54, 1.807) is 36.4 Å². The Morgan fingerprint density at radius 2 is 1.03 bits per heavy atom. The van der Waals surface area contributed by atoms with E-state index < -0.39 is 0 Å². The Morgan fingerprint density at radius 1 is 0.618 bits per heavy atom. The van der Waals surface area contributed by atoms with Crippen LogP contribution in [0.25, 0.3) is 0 Å². The molecule has 0 amide bonds. The van der Waals surface area contributed by atoms with Gasteiger partial charge >= 0.3 is 0 Å². The predicted molar refractivity (Wildman–Crippen MR) is 147 cm³/mol. The first kappa shape index (κ1) is 28.2. The second kappa shape index (κ2) is 17.4. The van der Waals surface area contributed by atoms with Crippen molar-refractivity contribution >= 4 is 44.3 Å². The van der Waals surface area contributed by atoms with Crippen molar-refractivity contribution in [3.63, 3.8) is 0 Å². The van der Waals surface area contributed by atoms with E-state index in [0.29, 0.717) is 35.8 Å². The smallest absolute Gasteiger partial charge is 0.128 e. The summed E-state index contributed by atoms with van der Waals surface area (Å²) in [6.45, 7) is 1.26. The van der Waals surface area contributed by atoms with Crippen LogP contribution in [0.15, 0.2) is 46.6 Å². The molecule has 186 valence electrons. The van der Waals surface area contributed by atoms with Gasteiger partial charge in [0.15, 0.2) is 0 Å². The second-order valence-electron chi connectivity index (χ2n) is 7.83. The van der Waals surface area contributed by atoms with Gasteiger partial charge in [-0.15, -0.1) is 0 Å². The molecule has 0 bridgehead atoms. The Kier molecular flexibility index (Phi) is 14.4. The van der Waals surface area contributed by atoms with Gasteiger partial charge in [-0.25, -0.2) is 0 Å². The molecule has 2 aromatic rings. The van der Waals surface area contributed by atoms with Crippen LogP contribution in [0.4, 0.5) is 0 Å². The van der Waals surface area contributed by atoms with E-state index in [4.69, 9.17) is 9.47 Å². The third-order valence-electron chi connectivity index (χ3n) is 5.06. The lowest BCUT2D eigenvalue weighted by Gasteiger charge is -2.07. The SMILES string of the molecule is Oc1cc(OCCCCCCBr)ccc1/C=N/N=C/c1ccc(OCCCCCCBr)cc1O. The first-order chi connectivity index (χ1) is 16.6. The molecule has 8 heteroatoms. The third kappa shape index (κ3) is 11.4. The number of rotatable bonds is 17. The van der Waals surface area contributed by atoms with Gasteiger partial charge in [-0.05, 0) is 49.9 Å². The summed E-state index contributed by atoms with van der Waals surface area (Å²) in [6.07, 6.45) is 11.9. The molecule has 0 heterocycles. The van der Waals surface area contributed by atoms with E-state index in [0.717, 1.165) is 36.3 Å². The summed E-state index contributed by atoms with van der Waals surface area (Å²) in [5, 5.41) is 30.4. The number of phenolic OH excluding ortho intramolecular Hbond substituents is 2. The van der Waals surface area contributed by atoms with Crippen LogP contribution < -0.4 is 9.47 Å². The number of hydrogen-bond acceptors (Lipinski definition) is 6. The van der Waals surface area contributed by atoms with E-state index in [-0.39, 0.29) is 11.5 Å². The lowest BCUT2D eigenvalue weighted by Crippen LogP contribution is -1.98. The van der Waals surface area contributed by atoms with Crippen molar-refractivity contribution in [3.05, 3.63) is 47.5 Å². The zero-order valence-electron chi connectivity index (χ0n) is 19.5. The van der Waals surface area contributed by atoms with Gasteiger partial charge < -0.3 is 19.7 Å². The minimum absolute atomic E-state index is 0.0762. The first-order valence-electron chi connectivity index (χ1n) is 11.7. The number of ether oxygens (including phenoxy) is 2. The van der Waals surface area contributed by atoms with Gasteiger partial charge in [0.25, 0.3) is 0 Å². The van der Waals surface area contributed by atoms with Crippen molar-refractivity contribution in [1.29, 1.82) is 0 Å². The lowest BCUT2D eigenvalue weighted by molar-refractivity contribution is 0.303.